The van der Waals surface area contributed by atoms with Crippen LogP contribution in [-0.4, -0.2) is 71.7 Å². The number of aromatic nitrogens is 1. The second kappa shape index (κ2) is 18.6. The van der Waals surface area contributed by atoms with E-state index in [2.05, 4.69) is 31.6 Å². The Kier molecular flexibility index (Phi) is 14.6. The normalized spacial score (nSPS) is 16.1. The highest BCUT2D eigenvalue weighted by molar-refractivity contribution is 7.07. The van der Waals surface area contributed by atoms with Gasteiger partial charge < -0.3 is 31.3 Å². The highest BCUT2D eigenvalue weighted by Crippen LogP contribution is 2.18. The van der Waals surface area contributed by atoms with Crippen LogP contribution in [-0.2, 0) is 41.7 Å². The first-order valence-corrected chi connectivity index (χ1v) is 16.6. The molecular weight excluding hydrogens is 612 g/mol. The molecule has 13 nitrogen and oxygen atoms in total. The van der Waals surface area contributed by atoms with Crippen molar-refractivity contribution in [2.24, 2.45) is 11.8 Å². The van der Waals surface area contributed by atoms with E-state index in [0.29, 0.717) is 31.6 Å². The van der Waals surface area contributed by atoms with Crippen LogP contribution in [0.3, 0.4) is 0 Å². The Balaban J connectivity index is 1.74. The second-order valence-corrected chi connectivity index (χ2v) is 12.4. The van der Waals surface area contributed by atoms with E-state index < -0.39 is 53.6 Å². The minimum absolute atomic E-state index is 0.00342. The number of rotatable bonds is 18. The summed E-state index contributed by atoms with van der Waals surface area (Å²) in [5.74, 6) is -3.89. The van der Waals surface area contributed by atoms with Crippen molar-refractivity contribution in [1.82, 2.24) is 31.6 Å². The number of amides is 5. The fourth-order valence-corrected chi connectivity index (χ4v) is 5.49. The van der Waals surface area contributed by atoms with Crippen LogP contribution in [0, 0.1) is 11.8 Å². The number of thiazole rings is 1. The number of benzene rings is 1. The smallest absolute Gasteiger partial charge is 0.408 e. The van der Waals surface area contributed by atoms with Crippen LogP contribution in [0.4, 0.5) is 4.79 Å². The quantitative estimate of drug-likeness (QED) is 0.119. The van der Waals surface area contributed by atoms with Gasteiger partial charge in [0.15, 0.2) is 0 Å². The highest BCUT2D eigenvalue weighted by Gasteiger charge is 2.36. The van der Waals surface area contributed by atoms with Crippen molar-refractivity contribution in [3.63, 3.8) is 0 Å². The maximum Gasteiger partial charge on any atom is 0.408 e. The van der Waals surface area contributed by atoms with Gasteiger partial charge in [-0.2, -0.15) is 0 Å². The van der Waals surface area contributed by atoms with Crippen LogP contribution >= 0.6 is 11.3 Å². The molecule has 5 N–H and O–H groups in total. The van der Waals surface area contributed by atoms with Crippen molar-refractivity contribution >= 4 is 46.8 Å². The van der Waals surface area contributed by atoms with Crippen molar-refractivity contribution in [3.8, 4) is 0 Å². The van der Waals surface area contributed by atoms with Gasteiger partial charge in [-0.3, -0.25) is 24.0 Å². The standard InChI is InChI=1S/C32H44N6O7S/c1-4-5-12-33-31(43)27(39)24(15-22-11-13-34-28(22)40)36-29(41)25(14-20(2)3)37-30(42)26(16-23-18-46-19-35-23)38-32(44)45-17-21-9-7-6-8-10-21/h6-10,18-20,22,24-26H,4-5,11-17H2,1-3H3,(H,33,43)(H,34,40)(H,36,41)(H,37,42)(H,38,44)/t22-,24-,25-,26-/m0/s1. The lowest BCUT2D eigenvalue weighted by molar-refractivity contribution is -0.141. The van der Waals surface area contributed by atoms with Crippen LogP contribution in [0.5, 0.6) is 0 Å². The summed E-state index contributed by atoms with van der Waals surface area (Å²) in [7, 11) is 0. The number of nitrogens with zero attached hydrogens (tertiary/aromatic N) is 1. The van der Waals surface area contributed by atoms with Gasteiger partial charge in [-0.1, -0.05) is 57.5 Å². The van der Waals surface area contributed by atoms with Crippen LogP contribution < -0.4 is 26.6 Å². The van der Waals surface area contributed by atoms with Crippen molar-refractivity contribution in [2.75, 3.05) is 13.1 Å². The van der Waals surface area contributed by atoms with Crippen molar-refractivity contribution < 1.29 is 33.5 Å². The molecule has 1 fully saturated rings. The third-order valence-electron chi connectivity index (χ3n) is 7.41. The summed E-state index contributed by atoms with van der Waals surface area (Å²) < 4.78 is 5.32. The molecule has 1 aliphatic rings. The van der Waals surface area contributed by atoms with E-state index >= 15 is 0 Å². The number of carbonyl (C=O) groups is 6. The van der Waals surface area contributed by atoms with Gasteiger partial charge in [0.05, 0.1) is 17.2 Å². The van der Waals surface area contributed by atoms with E-state index in [1.807, 2.05) is 39.0 Å². The van der Waals surface area contributed by atoms with E-state index in [0.717, 1.165) is 12.0 Å². The van der Waals surface area contributed by atoms with Gasteiger partial charge in [-0.15, -0.1) is 11.3 Å². The molecule has 250 valence electrons. The zero-order valence-corrected chi connectivity index (χ0v) is 27.3. The molecule has 0 unspecified atom stereocenters. The number of carbonyl (C=O) groups excluding carboxylic acids is 6. The highest BCUT2D eigenvalue weighted by atomic mass is 32.1. The first-order chi connectivity index (χ1) is 22.1. The number of hydrogen-bond acceptors (Lipinski definition) is 9. The van der Waals surface area contributed by atoms with Gasteiger partial charge in [0.1, 0.15) is 18.7 Å². The molecule has 0 spiro atoms. The maximum absolute atomic E-state index is 13.7. The van der Waals surface area contributed by atoms with Gasteiger partial charge in [0, 0.05) is 30.8 Å². The Hall–Kier alpha value is -4.33. The molecule has 1 aliphatic heterocycles. The molecule has 0 aliphatic carbocycles. The molecule has 5 amide bonds. The minimum Gasteiger partial charge on any atom is -0.445 e. The lowest BCUT2D eigenvalue weighted by atomic mass is 9.94. The Bertz CT molecular complexity index is 1320. The third kappa shape index (κ3) is 11.9. The van der Waals surface area contributed by atoms with Gasteiger partial charge >= 0.3 is 6.09 Å². The molecular formula is C32H44N6O7S. The third-order valence-corrected chi connectivity index (χ3v) is 8.05. The number of hydrogen-bond donors (Lipinski definition) is 5. The lowest BCUT2D eigenvalue weighted by Crippen LogP contribution is -2.57. The molecule has 0 radical (unpaired) electrons. The predicted molar refractivity (Wildman–Crippen MR) is 171 cm³/mol. The van der Waals surface area contributed by atoms with Crippen LogP contribution in [0.15, 0.2) is 41.2 Å². The number of alkyl carbamates (subject to hydrolysis) is 1. The lowest BCUT2D eigenvalue weighted by Gasteiger charge is -2.26. The first kappa shape index (κ1) is 36.1. The van der Waals surface area contributed by atoms with E-state index in [9.17, 15) is 28.8 Å². The molecule has 14 heteroatoms. The summed E-state index contributed by atoms with van der Waals surface area (Å²) in [5, 5.41) is 15.0. The zero-order valence-electron chi connectivity index (χ0n) is 26.5. The summed E-state index contributed by atoms with van der Waals surface area (Å²) in [4.78, 5) is 82.3. The number of ether oxygens (including phenoxy) is 1. The van der Waals surface area contributed by atoms with E-state index in [-0.39, 0.29) is 37.7 Å². The fourth-order valence-electron chi connectivity index (χ4n) is 4.92. The predicted octanol–water partition coefficient (Wildman–Crippen LogP) is 2.01. The van der Waals surface area contributed by atoms with E-state index in [1.54, 1.807) is 23.0 Å². The molecule has 3 rings (SSSR count). The molecule has 1 aromatic heterocycles. The molecule has 46 heavy (non-hydrogen) atoms. The molecule has 4 atom stereocenters. The van der Waals surface area contributed by atoms with Gasteiger partial charge in [-0.25, -0.2) is 9.78 Å². The molecule has 0 saturated carbocycles. The summed E-state index contributed by atoms with van der Waals surface area (Å²) >= 11 is 1.33. The average molecular weight is 657 g/mol. The first-order valence-electron chi connectivity index (χ1n) is 15.6. The van der Waals surface area contributed by atoms with Crippen LogP contribution in [0.1, 0.15) is 64.1 Å². The number of ketones is 1. The van der Waals surface area contributed by atoms with Crippen molar-refractivity contribution in [3.05, 3.63) is 52.5 Å². The maximum atomic E-state index is 13.7. The Morgan fingerprint density at radius 2 is 1.74 bits per heavy atom. The van der Waals surface area contributed by atoms with Gasteiger partial charge in [0.2, 0.25) is 23.5 Å². The molecule has 1 saturated heterocycles. The zero-order chi connectivity index (χ0) is 33.5. The van der Waals surface area contributed by atoms with Crippen molar-refractivity contribution in [1.29, 1.82) is 0 Å². The topological polar surface area (TPSA) is 185 Å². The SMILES string of the molecule is CCCCNC(=O)C(=O)[C@H](C[C@@H]1CCNC1=O)NC(=O)[C@H](CC(C)C)NC(=O)[C@H](Cc1cscn1)NC(=O)OCc1ccccc1. The summed E-state index contributed by atoms with van der Waals surface area (Å²) in [6, 6.07) is 5.56. The molecule has 2 heterocycles. The number of unbranched alkanes of at least 4 members (excludes halogenated alkanes) is 1. The second-order valence-electron chi connectivity index (χ2n) is 11.7. The fraction of sp³-hybridized carbons (Fsp3) is 0.531. The van der Waals surface area contributed by atoms with Gasteiger partial charge in [-0.05, 0) is 37.2 Å². The van der Waals surface area contributed by atoms with Gasteiger partial charge in [0.25, 0.3) is 5.91 Å². The Morgan fingerprint density at radius 3 is 2.37 bits per heavy atom. The number of nitrogens with one attached hydrogen (secondary N) is 5. The largest absolute Gasteiger partial charge is 0.445 e. The molecule has 1 aromatic carbocycles. The van der Waals surface area contributed by atoms with Crippen LogP contribution in [0.25, 0.3) is 0 Å². The summed E-state index contributed by atoms with van der Waals surface area (Å²) in [6.07, 6.45) is 1.33. The van der Waals surface area contributed by atoms with E-state index in [1.165, 1.54) is 11.3 Å². The monoisotopic (exact) mass is 656 g/mol. The molecule has 0 bridgehead atoms. The molecule has 2 aromatic rings. The van der Waals surface area contributed by atoms with E-state index in [4.69, 9.17) is 4.74 Å². The number of Topliss-reactive ketones (excluding diaryl/α,β-unsaturated/α-hetero) is 1. The van der Waals surface area contributed by atoms with Crippen LogP contribution in [0.2, 0.25) is 0 Å². The Labute approximate surface area is 273 Å². The van der Waals surface area contributed by atoms with Crippen molar-refractivity contribution in [2.45, 2.75) is 84.0 Å². The Morgan fingerprint density at radius 1 is 1.02 bits per heavy atom. The minimum atomic E-state index is -1.27. The average Bonchev–Trinajstić information content (AvgIpc) is 3.70. The summed E-state index contributed by atoms with van der Waals surface area (Å²) in [5.41, 5.74) is 2.94. The summed E-state index contributed by atoms with van der Waals surface area (Å²) in [6.45, 7) is 6.42.